The van der Waals surface area contributed by atoms with Crippen molar-refractivity contribution in [1.29, 1.82) is 0 Å². The number of carboxylic acid groups (broad SMARTS) is 2. The van der Waals surface area contributed by atoms with E-state index in [2.05, 4.69) is 20.5 Å². The molecule has 0 bridgehead atoms. The van der Waals surface area contributed by atoms with E-state index in [0.717, 1.165) is 15.8 Å². The third kappa shape index (κ3) is 5.38. The van der Waals surface area contributed by atoms with Crippen LogP contribution in [0.4, 0.5) is 0 Å². The first-order chi connectivity index (χ1) is 21.7. The monoisotopic (exact) mass is 616 g/mol. The van der Waals surface area contributed by atoms with Gasteiger partial charge in [-0.15, -0.1) is 5.10 Å². The Bertz CT molecular complexity index is 1870. The van der Waals surface area contributed by atoms with Crippen LogP contribution in [0.25, 0.3) is 33.5 Å². The van der Waals surface area contributed by atoms with Crippen molar-refractivity contribution in [2.75, 3.05) is 6.61 Å². The molecule has 3 aromatic carbocycles. The number of nitrogens with zero attached hydrogens (tertiary/aromatic N) is 6. The topological polar surface area (TPSA) is 215 Å². The van der Waals surface area contributed by atoms with Crippen LogP contribution in [0, 0.1) is 0 Å². The Balaban J connectivity index is 1.34. The molecular weight excluding hydrogens is 588 g/mol. The van der Waals surface area contributed by atoms with Gasteiger partial charge in [-0.3, -0.25) is 4.57 Å². The highest BCUT2D eigenvalue weighted by Gasteiger charge is 2.48. The van der Waals surface area contributed by atoms with Crippen LogP contribution in [0.15, 0.2) is 66.7 Å². The number of aromatic nitrogens is 6. The highest BCUT2D eigenvalue weighted by molar-refractivity contribution is 6.01. The summed E-state index contributed by atoms with van der Waals surface area (Å²) in [5.41, 5.74) is 3.88. The molecule has 15 nitrogen and oxygen atoms in total. The van der Waals surface area contributed by atoms with E-state index in [4.69, 9.17) is 9.47 Å². The zero-order valence-corrected chi connectivity index (χ0v) is 23.7. The van der Waals surface area contributed by atoms with Crippen molar-refractivity contribution in [2.45, 2.75) is 44.1 Å². The number of hydrogen-bond donors (Lipinski definition) is 5. The van der Waals surface area contributed by atoms with E-state index in [9.17, 15) is 35.1 Å². The number of aromatic carboxylic acids is 1. The van der Waals surface area contributed by atoms with Gasteiger partial charge in [-0.05, 0) is 46.2 Å². The number of aliphatic carboxylic acids is 1. The molecule has 0 spiro atoms. The maximum absolute atomic E-state index is 12.0. The Labute approximate surface area is 254 Å². The quantitative estimate of drug-likeness (QED) is 0.159. The molecule has 0 aliphatic carbocycles. The maximum atomic E-state index is 12.0. The van der Waals surface area contributed by atoms with Gasteiger partial charge in [-0.1, -0.05) is 54.6 Å². The van der Waals surface area contributed by atoms with Crippen molar-refractivity contribution < 1.29 is 44.6 Å². The number of benzene rings is 3. The fourth-order valence-corrected chi connectivity index (χ4v) is 5.43. The van der Waals surface area contributed by atoms with E-state index in [-0.39, 0.29) is 17.9 Å². The summed E-state index contributed by atoms with van der Waals surface area (Å²) in [4.78, 5) is 28.1. The van der Waals surface area contributed by atoms with E-state index in [0.29, 0.717) is 34.8 Å². The lowest BCUT2D eigenvalue weighted by Gasteiger charge is -2.38. The normalized spacial score (nSPS) is 21.6. The molecule has 3 heterocycles. The molecule has 1 saturated heterocycles. The summed E-state index contributed by atoms with van der Waals surface area (Å²) in [5, 5.41) is 62.0. The zero-order valence-electron chi connectivity index (χ0n) is 23.7. The number of ether oxygens (including phenoxy) is 2. The number of imidazole rings is 1. The molecule has 5 N–H and O–H groups in total. The minimum atomic E-state index is -1.86. The Morgan fingerprint density at radius 2 is 1.64 bits per heavy atom. The predicted molar refractivity (Wildman–Crippen MR) is 155 cm³/mol. The molecule has 5 aromatic rings. The molecule has 6 rings (SSSR count). The van der Waals surface area contributed by atoms with Crippen LogP contribution in [0.5, 0.6) is 6.01 Å². The Morgan fingerprint density at radius 3 is 2.33 bits per heavy atom. The molecule has 15 heteroatoms. The summed E-state index contributed by atoms with van der Waals surface area (Å²) >= 11 is 0. The molecule has 232 valence electrons. The lowest BCUT2D eigenvalue weighted by molar-refractivity contribution is -0.249. The molecule has 1 aliphatic rings. The predicted octanol–water partition coefficient (Wildman–Crippen LogP) is 1.57. The lowest BCUT2D eigenvalue weighted by Crippen LogP contribution is -2.58. The molecule has 0 radical (unpaired) electrons. The molecule has 5 atom stereocenters. The number of hydrogen-bond acceptors (Lipinski definition) is 11. The smallest absolute Gasteiger partial charge is 0.337 e. The minimum absolute atomic E-state index is 0.109. The molecule has 0 unspecified atom stereocenters. The van der Waals surface area contributed by atoms with E-state index in [1.807, 2.05) is 43.3 Å². The minimum Gasteiger partial charge on any atom is -0.479 e. The summed E-state index contributed by atoms with van der Waals surface area (Å²) in [6.07, 6.45) is -8.75. The standard InChI is InChI=1S/C30H28N6O9/c1-2-44-30-31-20-9-5-8-19(28(40)41)21(20)35(30)14-15-10-12-16(13-11-15)17-6-3-4-7-18(17)26-32-33-34-36(26)27-24(39)22(37)23(38)25(45-27)29(42)43/h3-13,22-25,27,37-39H,2,14H2,1H3,(H,40,41)(H,42,43)/t22-,23+,24+,25-,27-/m0/s1. The zero-order chi connectivity index (χ0) is 31.8. The van der Waals surface area contributed by atoms with Gasteiger partial charge in [0, 0.05) is 5.56 Å². The SMILES string of the molecule is CCOc1nc2cccc(C(=O)O)c2n1Cc1ccc(-c2ccccc2-c2nnnn2[C@H]2O[C@H](C(=O)O)[C@H](O)[C@H](O)[C@H]2O)cc1. The van der Waals surface area contributed by atoms with Gasteiger partial charge in [0.2, 0.25) is 0 Å². The molecule has 1 aliphatic heterocycles. The molecule has 0 saturated carbocycles. The lowest BCUT2D eigenvalue weighted by atomic mass is 9.96. The van der Waals surface area contributed by atoms with Gasteiger partial charge in [0.05, 0.1) is 29.7 Å². The summed E-state index contributed by atoms with van der Waals surface area (Å²) in [5.74, 6) is -2.47. The summed E-state index contributed by atoms with van der Waals surface area (Å²) in [7, 11) is 0. The van der Waals surface area contributed by atoms with Crippen molar-refractivity contribution in [2.24, 2.45) is 0 Å². The largest absolute Gasteiger partial charge is 0.479 e. The van der Waals surface area contributed by atoms with Crippen LogP contribution < -0.4 is 4.74 Å². The van der Waals surface area contributed by atoms with Gasteiger partial charge in [0.15, 0.2) is 18.2 Å². The third-order valence-corrected chi connectivity index (χ3v) is 7.57. The van der Waals surface area contributed by atoms with Gasteiger partial charge in [-0.25, -0.2) is 9.59 Å². The fraction of sp³-hybridized carbons (Fsp3) is 0.267. The first-order valence-electron chi connectivity index (χ1n) is 13.9. The van der Waals surface area contributed by atoms with Crippen LogP contribution in [0.2, 0.25) is 0 Å². The summed E-state index contributed by atoms with van der Waals surface area (Å²) in [6.45, 7) is 2.45. The number of fused-ring (bicyclic) bond motifs is 1. The van der Waals surface area contributed by atoms with Gasteiger partial charge in [0.1, 0.15) is 18.3 Å². The number of rotatable bonds is 9. The highest BCUT2D eigenvalue weighted by Crippen LogP contribution is 2.35. The van der Waals surface area contributed by atoms with E-state index in [1.165, 1.54) is 6.07 Å². The number of aliphatic hydroxyl groups is 3. The van der Waals surface area contributed by atoms with Gasteiger partial charge in [-0.2, -0.15) is 9.67 Å². The Hall–Kier alpha value is -5.22. The summed E-state index contributed by atoms with van der Waals surface area (Å²) in [6, 6.07) is 19.8. The first-order valence-corrected chi connectivity index (χ1v) is 13.9. The third-order valence-electron chi connectivity index (χ3n) is 7.57. The number of carboxylic acids is 2. The average molecular weight is 617 g/mol. The highest BCUT2D eigenvalue weighted by atomic mass is 16.6. The second-order valence-electron chi connectivity index (χ2n) is 10.3. The van der Waals surface area contributed by atoms with Gasteiger partial charge in [0.25, 0.3) is 6.01 Å². The number of tetrazole rings is 1. The first kappa shape index (κ1) is 29.8. The van der Waals surface area contributed by atoms with Crippen LogP contribution in [-0.4, -0.2) is 98.3 Å². The van der Waals surface area contributed by atoms with E-state index < -0.39 is 42.6 Å². The molecular formula is C30H28N6O9. The number of aliphatic hydroxyl groups excluding tert-OH is 3. The van der Waals surface area contributed by atoms with Crippen LogP contribution in [0.1, 0.15) is 29.1 Å². The van der Waals surface area contributed by atoms with Crippen molar-refractivity contribution in [3.8, 4) is 28.5 Å². The molecule has 1 fully saturated rings. The summed E-state index contributed by atoms with van der Waals surface area (Å²) < 4.78 is 14.0. The average Bonchev–Trinajstić information content (AvgIpc) is 3.65. The Kier molecular flexibility index (Phi) is 7.99. The van der Waals surface area contributed by atoms with Crippen LogP contribution in [-0.2, 0) is 16.1 Å². The van der Waals surface area contributed by atoms with Crippen molar-refractivity contribution in [3.05, 3.63) is 77.9 Å². The number of carbonyl (C=O) groups is 2. The maximum Gasteiger partial charge on any atom is 0.337 e. The Morgan fingerprint density at radius 1 is 0.911 bits per heavy atom. The molecule has 45 heavy (non-hydrogen) atoms. The second kappa shape index (κ2) is 12.0. The van der Waals surface area contributed by atoms with E-state index in [1.54, 1.807) is 28.8 Å². The van der Waals surface area contributed by atoms with Gasteiger partial charge < -0.3 is 35.0 Å². The van der Waals surface area contributed by atoms with Crippen molar-refractivity contribution in [1.82, 2.24) is 29.8 Å². The van der Waals surface area contributed by atoms with E-state index >= 15 is 0 Å². The van der Waals surface area contributed by atoms with Gasteiger partial charge >= 0.3 is 11.9 Å². The van der Waals surface area contributed by atoms with Crippen molar-refractivity contribution in [3.63, 3.8) is 0 Å². The van der Waals surface area contributed by atoms with Crippen LogP contribution >= 0.6 is 0 Å². The fourth-order valence-electron chi connectivity index (χ4n) is 5.43. The van der Waals surface area contributed by atoms with Crippen molar-refractivity contribution >= 4 is 23.0 Å². The molecule has 0 amide bonds. The second-order valence-corrected chi connectivity index (χ2v) is 10.3. The molecule has 2 aromatic heterocycles. The number of para-hydroxylation sites is 1. The van der Waals surface area contributed by atoms with Crippen LogP contribution in [0.3, 0.4) is 0 Å².